The van der Waals surface area contributed by atoms with Gasteiger partial charge >= 0.3 is 47.8 Å². The maximum atomic E-state index is 11.8. The van der Waals surface area contributed by atoms with E-state index in [2.05, 4.69) is 13.8 Å². The third-order valence-electron chi connectivity index (χ3n) is 10.5. The van der Waals surface area contributed by atoms with Gasteiger partial charge in [0.25, 0.3) is 0 Å². The summed E-state index contributed by atoms with van der Waals surface area (Å²) in [7, 11) is 0. The van der Waals surface area contributed by atoms with Crippen molar-refractivity contribution in [3.63, 3.8) is 0 Å². The molecule has 0 aliphatic heterocycles. The summed E-state index contributed by atoms with van der Waals surface area (Å²) in [5.74, 6) is -3.35. The standard InChI is InChI=1S/C24H44O6.C12H20O6.C12H20O5/c1-6-9-14-20(7-2)19-30-22(26)15-11-10-12-17-28-21(25)16-13-18-29-23(27)24(4,5)8-3;1-4-12(2,3)11(16)18-8-7-17-10(15)6-5-9(13)14;1-5-12(3,4)11(15)17-7-6-16-10(14)8-9(2)13/h20H,6-19H2,1-5H3;4-8H2,1-3H3,(H,13,14);5-8H2,1-4H3. The average Bonchev–Trinajstić information content (AvgIpc) is 3.25. The molecule has 0 heterocycles. The highest BCUT2D eigenvalue weighted by Gasteiger charge is 2.28. The molecule has 0 aliphatic carbocycles. The first-order valence-corrected chi connectivity index (χ1v) is 23.2. The molecule has 1 atom stereocenters. The molecule has 0 aromatic rings. The normalized spacial score (nSPS) is 11.5. The van der Waals surface area contributed by atoms with Crippen LogP contribution in [0.25, 0.3) is 0 Å². The fourth-order valence-corrected chi connectivity index (χ4v) is 4.50. The van der Waals surface area contributed by atoms with E-state index in [1.807, 2.05) is 34.6 Å². The second-order valence-electron chi connectivity index (χ2n) is 17.6. The van der Waals surface area contributed by atoms with Crippen LogP contribution in [-0.4, -0.2) is 105 Å². The number of carbonyl (C=O) groups is 9. The van der Waals surface area contributed by atoms with Gasteiger partial charge in [-0.2, -0.15) is 0 Å². The predicted octanol–water partition coefficient (Wildman–Crippen LogP) is 8.47. The second-order valence-corrected chi connectivity index (χ2v) is 17.6. The zero-order chi connectivity index (χ0) is 50.5. The lowest BCUT2D eigenvalue weighted by molar-refractivity contribution is -0.159. The maximum absolute atomic E-state index is 11.8. The van der Waals surface area contributed by atoms with Crippen LogP contribution in [0.4, 0.5) is 0 Å². The van der Waals surface area contributed by atoms with Crippen LogP contribution in [0.15, 0.2) is 0 Å². The summed E-state index contributed by atoms with van der Waals surface area (Å²) in [5.41, 5.74) is -1.56. The highest BCUT2D eigenvalue weighted by molar-refractivity contribution is 5.94. The van der Waals surface area contributed by atoms with Crippen molar-refractivity contribution in [2.45, 2.75) is 186 Å². The Morgan fingerprint density at radius 2 is 0.846 bits per heavy atom. The van der Waals surface area contributed by atoms with Crippen LogP contribution in [0.3, 0.4) is 0 Å². The number of hydrogen-bond donors (Lipinski definition) is 1. The number of ketones is 1. The van der Waals surface area contributed by atoms with Crippen LogP contribution in [-0.2, 0) is 76.3 Å². The van der Waals surface area contributed by atoms with E-state index in [0.29, 0.717) is 51.2 Å². The van der Waals surface area contributed by atoms with Crippen LogP contribution in [0.2, 0.25) is 0 Å². The van der Waals surface area contributed by atoms with Crippen LogP contribution in [0.5, 0.6) is 0 Å². The monoisotopic (exact) mass is 933 g/mol. The zero-order valence-corrected chi connectivity index (χ0v) is 41.8. The second kappa shape index (κ2) is 37.6. The molecule has 17 heteroatoms. The Hall–Kier alpha value is -4.57. The molecule has 0 saturated heterocycles. The van der Waals surface area contributed by atoms with Crippen molar-refractivity contribution in [1.29, 1.82) is 0 Å². The number of carboxylic acid groups (broad SMARTS) is 1. The van der Waals surface area contributed by atoms with Gasteiger partial charge in [0, 0.05) is 12.8 Å². The van der Waals surface area contributed by atoms with E-state index in [1.54, 1.807) is 27.7 Å². The third kappa shape index (κ3) is 37.4. The molecule has 378 valence electrons. The lowest BCUT2D eigenvalue weighted by Gasteiger charge is -2.20. The average molecular weight is 933 g/mol. The summed E-state index contributed by atoms with van der Waals surface area (Å²) in [6.45, 7) is 23.2. The Kier molecular flexibility index (Phi) is 37.5. The van der Waals surface area contributed by atoms with Gasteiger partial charge in [-0.15, -0.1) is 0 Å². The van der Waals surface area contributed by atoms with Gasteiger partial charge in [-0.3, -0.25) is 43.2 Å². The van der Waals surface area contributed by atoms with E-state index < -0.39 is 34.2 Å². The van der Waals surface area contributed by atoms with Crippen LogP contribution >= 0.6 is 0 Å². The topological polar surface area (TPSA) is 238 Å². The van der Waals surface area contributed by atoms with Gasteiger partial charge in [-0.05, 0) is 106 Å². The Bertz CT molecular complexity index is 1420. The van der Waals surface area contributed by atoms with Crippen LogP contribution < -0.4 is 0 Å². The Balaban J connectivity index is -0.000000945. The molecule has 0 aromatic heterocycles. The Labute approximate surface area is 388 Å². The van der Waals surface area contributed by atoms with E-state index in [9.17, 15) is 43.2 Å². The van der Waals surface area contributed by atoms with E-state index in [4.69, 9.17) is 38.3 Å². The van der Waals surface area contributed by atoms with Crippen LogP contribution in [0.1, 0.15) is 186 Å². The molecule has 17 nitrogen and oxygen atoms in total. The van der Waals surface area contributed by atoms with Crippen molar-refractivity contribution in [3.05, 3.63) is 0 Å². The maximum Gasteiger partial charge on any atom is 0.313 e. The summed E-state index contributed by atoms with van der Waals surface area (Å²) in [6.07, 6.45) is 9.27. The lowest BCUT2D eigenvalue weighted by Crippen LogP contribution is -2.27. The molecule has 1 N–H and O–H groups in total. The number of ether oxygens (including phenoxy) is 7. The number of Topliss-reactive ketones (excluding diaryl/α,β-unsaturated/α-hetero) is 1. The number of rotatable bonds is 33. The third-order valence-corrected chi connectivity index (χ3v) is 10.5. The zero-order valence-electron chi connectivity index (χ0n) is 41.8. The fraction of sp³-hybridized carbons (Fsp3) is 0.812. The minimum atomic E-state index is -1.05. The van der Waals surface area contributed by atoms with Gasteiger partial charge in [0.1, 0.15) is 38.6 Å². The molecule has 0 amide bonds. The molecule has 0 aliphatic rings. The number of carbonyl (C=O) groups excluding carboxylic acids is 8. The van der Waals surface area contributed by atoms with E-state index >= 15 is 0 Å². The van der Waals surface area contributed by atoms with Crippen molar-refractivity contribution < 1.29 is 81.4 Å². The molecule has 0 aromatic carbocycles. The van der Waals surface area contributed by atoms with Crippen LogP contribution in [0, 0.1) is 22.2 Å². The number of aliphatic carboxylic acids is 1. The summed E-state index contributed by atoms with van der Waals surface area (Å²) in [4.78, 5) is 101. The first kappa shape index (κ1) is 64.7. The molecule has 0 spiro atoms. The minimum Gasteiger partial charge on any atom is -0.481 e. The van der Waals surface area contributed by atoms with E-state index in [1.165, 1.54) is 19.8 Å². The van der Waals surface area contributed by atoms with Crippen molar-refractivity contribution in [2.24, 2.45) is 22.2 Å². The highest BCUT2D eigenvalue weighted by Crippen LogP contribution is 2.23. The predicted molar refractivity (Wildman–Crippen MR) is 242 cm³/mol. The SMILES string of the molecule is CCC(C)(C)C(=O)OCCOC(=O)CC(C)=O.CCC(C)(C)C(=O)OCCOC(=O)CCC(=O)O.CCCCC(CC)COC(=O)CCCCCOC(=O)CCCOC(=O)C(C)(C)CC. The molecule has 0 radical (unpaired) electrons. The smallest absolute Gasteiger partial charge is 0.313 e. The summed E-state index contributed by atoms with van der Waals surface area (Å²) in [5, 5.41) is 8.35. The number of carboxylic acids is 1. The molecule has 0 bridgehead atoms. The quantitative estimate of drug-likeness (QED) is 0.0281. The Morgan fingerprint density at radius 3 is 1.29 bits per heavy atom. The largest absolute Gasteiger partial charge is 0.481 e. The van der Waals surface area contributed by atoms with Gasteiger partial charge in [-0.25, -0.2) is 0 Å². The minimum absolute atomic E-state index is 0.0128. The molecule has 0 fully saturated rings. The first-order chi connectivity index (χ1) is 30.3. The first-order valence-electron chi connectivity index (χ1n) is 23.2. The van der Waals surface area contributed by atoms with Gasteiger partial charge < -0.3 is 38.3 Å². The van der Waals surface area contributed by atoms with Gasteiger partial charge in [0.05, 0.1) is 48.9 Å². The fourth-order valence-electron chi connectivity index (χ4n) is 4.50. The lowest BCUT2D eigenvalue weighted by atomic mass is 9.91. The highest BCUT2D eigenvalue weighted by atomic mass is 16.6. The van der Waals surface area contributed by atoms with Crippen molar-refractivity contribution in [2.75, 3.05) is 46.2 Å². The summed E-state index contributed by atoms with van der Waals surface area (Å²) >= 11 is 0. The van der Waals surface area contributed by atoms with Gasteiger partial charge in [0.2, 0.25) is 0 Å². The van der Waals surface area contributed by atoms with Gasteiger partial charge in [0.15, 0.2) is 0 Å². The number of unbranched alkanes of at least 4 members (excludes halogenated alkanes) is 3. The summed E-state index contributed by atoms with van der Waals surface area (Å²) in [6, 6.07) is 0. The molecular formula is C48H84O17. The van der Waals surface area contributed by atoms with E-state index in [0.717, 1.165) is 32.1 Å². The molecule has 65 heavy (non-hydrogen) atoms. The molecule has 0 rings (SSSR count). The van der Waals surface area contributed by atoms with Crippen molar-refractivity contribution in [3.8, 4) is 0 Å². The van der Waals surface area contributed by atoms with Crippen molar-refractivity contribution in [1.82, 2.24) is 0 Å². The number of esters is 7. The van der Waals surface area contributed by atoms with Crippen molar-refractivity contribution >= 4 is 53.5 Å². The van der Waals surface area contributed by atoms with E-state index in [-0.39, 0.29) is 94.3 Å². The molecular weight excluding hydrogens is 849 g/mol. The molecule has 1 unspecified atom stereocenters. The summed E-state index contributed by atoms with van der Waals surface area (Å²) < 4.78 is 35.1. The molecule has 0 saturated carbocycles. The van der Waals surface area contributed by atoms with Gasteiger partial charge in [-0.1, -0.05) is 53.9 Å². The number of hydrogen-bond acceptors (Lipinski definition) is 16. The Morgan fingerprint density at radius 1 is 0.446 bits per heavy atom.